The number of likely N-dealkylation sites (tertiary alicyclic amines) is 1. The first kappa shape index (κ1) is 18.7. The van der Waals surface area contributed by atoms with E-state index < -0.39 is 0 Å². The number of nitrogens with zero attached hydrogens (tertiary/aromatic N) is 1. The lowest BCUT2D eigenvalue weighted by molar-refractivity contribution is -0.123. The van der Waals surface area contributed by atoms with Crippen LogP contribution >= 0.6 is 11.3 Å². The molecule has 1 aliphatic heterocycles. The number of hydrogen-bond donors (Lipinski definition) is 1. The summed E-state index contributed by atoms with van der Waals surface area (Å²) in [5.74, 6) is 1.09. The maximum atomic E-state index is 12.3. The van der Waals surface area contributed by atoms with E-state index in [-0.39, 0.29) is 18.6 Å². The Kier molecular flexibility index (Phi) is 6.91. The smallest absolute Gasteiger partial charge is 0.258 e. The van der Waals surface area contributed by atoms with Gasteiger partial charge >= 0.3 is 0 Å². The van der Waals surface area contributed by atoms with Crippen LogP contribution in [-0.2, 0) is 4.79 Å². The van der Waals surface area contributed by atoms with Gasteiger partial charge in [0.05, 0.1) is 13.2 Å². The number of methoxy groups -OCH3 is 1. The average molecular weight is 375 g/mol. The summed E-state index contributed by atoms with van der Waals surface area (Å²) >= 11 is 1.75. The first-order chi connectivity index (χ1) is 12.8. The van der Waals surface area contributed by atoms with Crippen molar-refractivity contribution in [1.82, 2.24) is 10.2 Å². The van der Waals surface area contributed by atoms with Crippen LogP contribution in [-0.4, -0.2) is 44.2 Å². The molecule has 1 aromatic heterocycles. The van der Waals surface area contributed by atoms with Crippen molar-refractivity contribution in [2.45, 2.75) is 25.3 Å². The molecule has 6 heteroatoms. The minimum Gasteiger partial charge on any atom is -0.493 e. The van der Waals surface area contributed by atoms with Crippen LogP contribution in [0.3, 0.4) is 0 Å². The molecule has 140 valence electrons. The fourth-order valence-electron chi connectivity index (χ4n) is 3.26. The van der Waals surface area contributed by atoms with Gasteiger partial charge < -0.3 is 14.8 Å². The molecule has 0 bridgehead atoms. The molecular weight excluding hydrogens is 348 g/mol. The zero-order chi connectivity index (χ0) is 18.2. The second kappa shape index (κ2) is 9.59. The van der Waals surface area contributed by atoms with E-state index in [0.717, 1.165) is 13.1 Å². The fraction of sp³-hybridized carbons (Fsp3) is 0.450. The number of rotatable bonds is 8. The predicted molar refractivity (Wildman–Crippen MR) is 104 cm³/mol. The molecule has 3 rings (SSSR count). The first-order valence-electron chi connectivity index (χ1n) is 9.08. The molecule has 5 nitrogen and oxygen atoms in total. The van der Waals surface area contributed by atoms with Gasteiger partial charge in [-0.05, 0) is 49.5 Å². The van der Waals surface area contributed by atoms with E-state index in [1.54, 1.807) is 24.5 Å². The van der Waals surface area contributed by atoms with Crippen LogP contribution in [0, 0.1) is 0 Å². The van der Waals surface area contributed by atoms with Crippen LogP contribution in [0.25, 0.3) is 0 Å². The van der Waals surface area contributed by atoms with Crippen molar-refractivity contribution in [3.05, 3.63) is 46.7 Å². The van der Waals surface area contributed by atoms with Crippen LogP contribution in [0.5, 0.6) is 11.5 Å². The number of benzene rings is 1. The molecule has 1 aromatic carbocycles. The number of carbonyl (C=O) groups is 1. The van der Waals surface area contributed by atoms with Crippen molar-refractivity contribution in [2.24, 2.45) is 0 Å². The Balaban J connectivity index is 1.54. The second-order valence-electron chi connectivity index (χ2n) is 6.37. The van der Waals surface area contributed by atoms with Crippen LogP contribution in [0.2, 0.25) is 0 Å². The summed E-state index contributed by atoms with van der Waals surface area (Å²) in [6, 6.07) is 11.8. The molecule has 26 heavy (non-hydrogen) atoms. The number of nitrogens with one attached hydrogen (secondary N) is 1. The third-order valence-electron chi connectivity index (χ3n) is 4.62. The van der Waals surface area contributed by atoms with Gasteiger partial charge in [0.2, 0.25) is 0 Å². The monoisotopic (exact) mass is 374 g/mol. The average Bonchev–Trinajstić information content (AvgIpc) is 3.22. The number of amides is 1. The fourth-order valence-corrected chi connectivity index (χ4v) is 4.12. The summed E-state index contributed by atoms with van der Waals surface area (Å²) in [4.78, 5) is 16.1. The molecule has 2 heterocycles. The summed E-state index contributed by atoms with van der Waals surface area (Å²) in [5.41, 5.74) is 0. The number of piperidine rings is 1. The Hall–Kier alpha value is -2.05. The first-order valence-corrected chi connectivity index (χ1v) is 9.96. The molecule has 0 aliphatic carbocycles. The summed E-state index contributed by atoms with van der Waals surface area (Å²) < 4.78 is 10.9. The standard InChI is InChI=1S/C20H26N2O3S/c1-24-17-8-3-4-9-18(17)25-15-20(23)21-14-16(19-10-7-13-26-19)22-11-5-2-6-12-22/h3-4,7-10,13,16H,2,5-6,11-12,14-15H2,1H3,(H,21,23)/t16-/m0/s1. The Morgan fingerprint density at radius 3 is 2.62 bits per heavy atom. The second-order valence-corrected chi connectivity index (χ2v) is 7.35. The van der Waals surface area contributed by atoms with Gasteiger partial charge in [0.25, 0.3) is 5.91 Å². The maximum absolute atomic E-state index is 12.3. The third-order valence-corrected chi connectivity index (χ3v) is 5.60. The highest BCUT2D eigenvalue weighted by atomic mass is 32.1. The lowest BCUT2D eigenvalue weighted by Gasteiger charge is -2.34. The van der Waals surface area contributed by atoms with E-state index in [1.165, 1.54) is 24.1 Å². The Bertz CT molecular complexity index is 684. The van der Waals surface area contributed by atoms with Gasteiger partial charge in [0, 0.05) is 11.4 Å². The minimum absolute atomic E-state index is 0.0163. The summed E-state index contributed by atoms with van der Waals surface area (Å²) in [6.07, 6.45) is 3.76. The van der Waals surface area contributed by atoms with Crippen molar-refractivity contribution < 1.29 is 14.3 Å². The van der Waals surface area contributed by atoms with Crippen molar-refractivity contribution in [1.29, 1.82) is 0 Å². The Labute approximate surface area is 158 Å². The molecule has 1 saturated heterocycles. The van der Waals surface area contributed by atoms with E-state index in [2.05, 4.69) is 27.7 Å². The molecule has 1 amide bonds. The zero-order valence-corrected chi connectivity index (χ0v) is 16.0. The predicted octanol–water partition coefficient (Wildman–Crippen LogP) is 3.48. The van der Waals surface area contributed by atoms with Crippen LogP contribution in [0.1, 0.15) is 30.2 Å². The molecule has 0 spiro atoms. The summed E-state index contributed by atoms with van der Waals surface area (Å²) in [7, 11) is 1.59. The zero-order valence-electron chi connectivity index (χ0n) is 15.1. The van der Waals surface area contributed by atoms with E-state index in [1.807, 2.05) is 18.2 Å². The van der Waals surface area contributed by atoms with Gasteiger partial charge in [-0.15, -0.1) is 11.3 Å². The summed E-state index contributed by atoms with van der Waals surface area (Å²) in [6.45, 7) is 2.78. The van der Waals surface area contributed by atoms with Crippen molar-refractivity contribution in [3.63, 3.8) is 0 Å². The third kappa shape index (κ3) is 4.99. The SMILES string of the molecule is COc1ccccc1OCC(=O)NC[C@@H](c1cccs1)N1CCCCC1. The molecule has 2 aromatic rings. The lowest BCUT2D eigenvalue weighted by atomic mass is 10.1. The molecule has 1 fully saturated rings. The van der Waals surface area contributed by atoms with Crippen LogP contribution in [0.15, 0.2) is 41.8 Å². The number of thiophene rings is 1. The number of hydrogen-bond acceptors (Lipinski definition) is 5. The normalized spacial score (nSPS) is 16.0. The number of ether oxygens (including phenoxy) is 2. The van der Waals surface area contributed by atoms with Gasteiger partial charge in [0.1, 0.15) is 0 Å². The quantitative estimate of drug-likeness (QED) is 0.769. The van der Waals surface area contributed by atoms with Crippen molar-refractivity contribution in [2.75, 3.05) is 33.4 Å². The Morgan fingerprint density at radius 1 is 1.15 bits per heavy atom. The van der Waals surface area contributed by atoms with Gasteiger partial charge in [0.15, 0.2) is 18.1 Å². The molecule has 1 aliphatic rings. The molecule has 1 N–H and O–H groups in total. The van der Waals surface area contributed by atoms with Crippen molar-refractivity contribution >= 4 is 17.2 Å². The van der Waals surface area contributed by atoms with Gasteiger partial charge in [-0.25, -0.2) is 0 Å². The highest BCUT2D eigenvalue weighted by Crippen LogP contribution is 2.28. The largest absolute Gasteiger partial charge is 0.493 e. The van der Waals surface area contributed by atoms with E-state index in [4.69, 9.17) is 9.47 Å². The molecule has 1 atom stereocenters. The van der Waals surface area contributed by atoms with Gasteiger partial charge in [-0.3, -0.25) is 9.69 Å². The van der Waals surface area contributed by atoms with Crippen molar-refractivity contribution in [3.8, 4) is 11.5 Å². The maximum Gasteiger partial charge on any atom is 0.258 e. The minimum atomic E-state index is -0.116. The molecule has 0 saturated carbocycles. The molecular formula is C20H26N2O3S. The molecule has 0 radical (unpaired) electrons. The van der Waals surface area contributed by atoms with Gasteiger partial charge in [-0.2, -0.15) is 0 Å². The molecule has 0 unspecified atom stereocenters. The highest BCUT2D eigenvalue weighted by Gasteiger charge is 2.23. The lowest BCUT2D eigenvalue weighted by Crippen LogP contribution is -2.41. The summed E-state index contributed by atoms with van der Waals surface area (Å²) in [5, 5.41) is 5.13. The number of carbonyl (C=O) groups excluding carboxylic acids is 1. The van der Waals surface area contributed by atoms with Gasteiger partial charge in [-0.1, -0.05) is 24.6 Å². The van der Waals surface area contributed by atoms with Crippen LogP contribution < -0.4 is 14.8 Å². The van der Waals surface area contributed by atoms with E-state index >= 15 is 0 Å². The topological polar surface area (TPSA) is 50.8 Å². The van der Waals surface area contributed by atoms with E-state index in [9.17, 15) is 4.79 Å². The van der Waals surface area contributed by atoms with Crippen LogP contribution in [0.4, 0.5) is 0 Å². The number of para-hydroxylation sites is 2. The Morgan fingerprint density at radius 2 is 1.92 bits per heavy atom. The van der Waals surface area contributed by atoms with E-state index in [0.29, 0.717) is 18.0 Å². The highest BCUT2D eigenvalue weighted by molar-refractivity contribution is 7.10.